The molecule has 164 valence electrons. The van der Waals surface area contributed by atoms with E-state index >= 15 is 0 Å². The molecular formula is C22H29Cl2FN4O. The van der Waals surface area contributed by atoms with Crippen molar-refractivity contribution < 1.29 is 9.18 Å². The number of rotatable bonds is 6. The van der Waals surface area contributed by atoms with Gasteiger partial charge in [0.15, 0.2) is 0 Å². The smallest absolute Gasteiger partial charge is 0.234 e. The van der Waals surface area contributed by atoms with Gasteiger partial charge in [0.2, 0.25) is 5.91 Å². The van der Waals surface area contributed by atoms with Gasteiger partial charge < -0.3 is 15.5 Å². The first kappa shape index (κ1) is 24.4. The SMILES string of the molecule is Cl.Cl.O=C(CN1CCNCC1c1cccc(F)c1)NCCN1CCc2ccccc21. The minimum absolute atomic E-state index is 0. The van der Waals surface area contributed by atoms with E-state index in [4.69, 9.17) is 0 Å². The van der Waals surface area contributed by atoms with E-state index in [1.54, 1.807) is 12.1 Å². The first-order valence-electron chi connectivity index (χ1n) is 10.0. The van der Waals surface area contributed by atoms with Crippen molar-refractivity contribution in [3.63, 3.8) is 0 Å². The third-order valence-corrected chi connectivity index (χ3v) is 5.62. The van der Waals surface area contributed by atoms with Gasteiger partial charge in [0.25, 0.3) is 0 Å². The Bertz CT molecular complexity index is 838. The van der Waals surface area contributed by atoms with E-state index in [-0.39, 0.29) is 42.6 Å². The summed E-state index contributed by atoms with van der Waals surface area (Å²) in [4.78, 5) is 17.0. The summed E-state index contributed by atoms with van der Waals surface area (Å²) in [6.45, 7) is 5.12. The van der Waals surface area contributed by atoms with Crippen molar-refractivity contribution in [2.45, 2.75) is 12.5 Å². The molecule has 5 nitrogen and oxygen atoms in total. The molecule has 2 aliphatic heterocycles. The zero-order valence-corrected chi connectivity index (χ0v) is 18.5. The van der Waals surface area contributed by atoms with E-state index in [1.807, 2.05) is 6.07 Å². The largest absolute Gasteiger partial charge is 0.369 e. The Labute approximate surface area is 189 Å². The highest BCUT2D eigenvalue weighted by Gasteiger charge is 2.26. The van der Waals surface area contributed by atoms with Crippen LogP contribution in [-0.4, -0.2) is 56.6 Å². The predicted octanol–water partition coefficient (Wildman–Crippen LogP) is 2.79. The molecule has 2 N–H and O–H groups in total. The summed E-state index contributed by atoms with van der Waals surface area (Å²) < 4.78 is 13.6. The zero-order valence-electron chi connectivity index (χ0n) is 16.9. The second-order valence-corrected chi connectivity index (χ2v) is 7.46. The Kier molecular flexibility index (Phi) is 9.37. The van der Waals surface area contributed by atoms with Crippen LogP contribution in [0.4, 0.5) is 10.1 Å². The maximum atomic E-state index is 13.6. The fraction of sp³-hybridized carbons (Fsp3) is 0.409. The van der Waals surface area contributed by atoms with Crippen LogP contribution in [0.15, 0.2) is 48.5 Å². The number of hydrogen-bond donors (Lipinski definition) is 2. The topological polar surface area (TPSA) is 47.6 Å². The van der Waals surface area contributed by atoms with Crippen LogP contribution in [0.2, 0.25) is 0 Å². The van der Waals surface area contributed by atoms with Gasteiger partial charge in [-0.1, -0.05) is 30.3 Å². The van der Waals surface area contributed by atoms with Crippen LogP contribution in [0.3, 0.4) is 0 Å². The molecule has 1 fully saturated rings. The third-order valence-electron chi connectivity index (χ3n) is 5.62. The molecule has 1 unspecified atom stereocenters. The summed E-state index contributed by atoms with van der Waals surface area (Å²) in [5, 5.41) is 6.40. The summed E-state index contributed by atoms with van der Waals surface area (Å²) in [6.07, 6.45) is 1.07. The summed E-state index contributed by atoms with van der Waals surface area (Å²) in [5.74, 6) is -0.214. The van der Waals surface area contributed by atoms with Crippen molar-refractivity contribution in [1.29, 1.82) is 0 Å². The molecule has 0 radical (unpaired) electrons. The number of benzene rings is 2. The number of fused-ring (bicyclic) bond motifs is 1. The number of para-hydroxylation sites is 1. The van der Waals surface area contributed by atoms with Crippen LogP contribution >= 0.6 is 24.8 Å². The molecule has 0 spiro atoms. The molecule has 0 bridgehead atoms. The second kappa shape index (κ2) is 11.5. The van der Waals surface area contributed by atoms with Gasteiger partial charge in [-0.25, -0.2) is 4.39 Å². The van der Waals surface area contributed by atoms with Crippen LogP contribution in [-0.2, 0) is 11.2 Å². The van der Waals surface area contributed by atoms with Crippen LogP contribution in [0, 0.1) is 5.82 Å². The molecule has 2 heterocycles. The molecule has 1 saturated heterocycles. The van der Waals surface area contributed by atoms with E-state index in [2.05, 4.69) is 44.7 Å². The Morgan fingerprint density at radius 1 is 1.13 bits per heavy atom. The quantitative estimate of drug-likeness (QED) is 0.704. The van der Waals surface area contributed by atoms with E-state index in [9.17, 15) is 9.18 Å². The molecule has 0 aliphatic carbocycles. The first-order valence-corrected chi connectivity index (χ1v) is 10.0. The van der Waals surface area contributed by atoms with Gasteiger partial charge in [0.05, 0.1) is 6.54 Å². The van der Waals surface area contributed by atoms with Gasteiger partial charge in [-0.15, -0.1) is 24.8 Å². The number of anilines is 1. The predicted molar refractivity (Wildman–Crippen MR) is 123 cm³/mol. The Balaban J connectivity index is 0.00000160. The van der Waals surface area contributed by atoms with Crippen molar-refractivity contribution in [3.8, 4) is 0 Å². The van der Waals surface area contributed by atoms with E-state index < -0.39 is 0 Å². The lowest BCUT2D eigenvalue weighted by Crippen LogP contribution is -2.50. The highest BCUT2D eigenvalue weighted by molar-refractivity contribution is 5.85. The molecule has 4 rings (SSSR count). The number of nitrogens with zero attached hydrogens (tertiary/aromatic N) is 2. The number of nitrogens with one attached hydrogen (secondary N) is 2. The van der Waals surface area contributed by atoms with Crippen molar-refractivity contribution in [2.75, 3.05) is 50.7 Å². The maximum absolute atomic E-state index is 13.6. The molecule has 1 atom stereocenters. The number of amides is 1. The summed E-state index contributed by atoms with van der Waals surface area (Å²) in [6, 6.07) is 15.1. The minimum atomic E-state index is -0.238. The summed E-state index contributed by atoms with van der Waals surface area (Å²) in [5.41, 5.74) is 3.58. The van der Waals surface area contributed by atoms with Gasteiger partial charge in [-0.3, -0.25) is 9.69 Å². The third kappa shape index (κ3) is 5.85. The van der Waals surface area contributed by atoms with Gasteiger partial charge in [0.1, 0.15) is 5.82 Å². The lowest BCUT2D eigenvalue weighted by atomic mass is 10.0. The second-order valence-electron chi connectivity index (χ2n) is 7.46. The van der Waals surface area contributed by atoms with Crippen LogP contribution < -0.4 is 15.5 Å². The first-order chi connectivity index (χ1) is 13.7. The Morgan fingerprint density at radius 3 is 2.80 bits per heavy atom. The van der Waals surface area contributed by atoms with E-state index in [1.165, 1.54) is 17.3 Å². The average Bonchev–Trinajstić information content (AvgIpc) is 3.12. The van der Waals surface area contributed by atoms with Gasteiger partial charge >= 0.3 is 0 Å². The van der Waals surface area contributed by atoms with Crippen molar-refractivity contribution in [1.82, 2.24) is 15.5 Å². The van der Waals surface area contributed by atoms with Gasteiger partial charge in [-0.2, -0.15) is 0 Å². The normalized spacial score (nSPS) is 18.2. The van der Waals surface area contributed by atoms with Crippen molar-refractivity contribution >= 4 is 36.4 Å². The molecule has 2 aromatic rings. The summed E-state index contributed by atoms with van der Waals surface area (Å²) in [7, 11) is 0. The highest BCUT2D eigenvalue weighted by atomic mass is 35.5. The number of hydrogen-bond acceptors (Lipinski definition) is 4. The van der Waals surface area contributed by atoms with Crippen LogP contribution in [0.5, 0.6) is 0 Å². The standard InChI is InChI=1S/C22H27FN4O.2ClH/c23-19-6-3-5-18(14-19)21-15-24-9-12-27(21)16-22(28)25-10-13-26-11-8-17-4-1-2-7-20(17)26;;/h1-7,14,21,24H,8-13,15-16H2,(H,25,28);2*1H. The zero-order chi connectivity index (χ0) is 19.3. The highest BCUT2D eigenvalue weighted by Crippen LogP contribution is 2.26. The minimum Gasteiger partial charge on any atom is -0.369 e. The number of carbonyl (C=O) groups excluding carboxylic acids is 1. The number of halogens is 3. The lowest BCUT2D eigenvalue weighted by molar-refractivity contribution is -0.123. The monoisotopic (exact) mass is 454 g/mol. The lowest BCUT2D eigenvalue weighted by Gasteiger charge is -2.36. The fourth-order valence-electron chi connectivity index (χ4n) is 4.19. The van der Waals surface area contributed by atoms with Gasteiger partial charge in [-0.05, 0) is 35.7 Å². The Hall–Kier alpha value is -1.86. The fourth-order valence-corrected chi connectivity index (χ4v) is 4.19. The maximum Gasteiger partial charge on any atom is 0.234 e. The average molecular weight is 455 g/mol. The van der Waals surface area contributed by atoms with Crippen molar-refractivity contribution in [3.05, 3.63) is 65.5 Å². The molecule has 30 heavy (non-hydrogen) atoms. The Morgan fingerprint density at radius 2 is 1.97 bits per heavy atom. The molecule has 0 aromatic heterocycles. The van der Waals surface area contributed by atoms with Crippen LogP contribution in [0.25, 0.3) is 0 Å². The molecule has 0 saturated carbocycles. The van der Waals surface area contributed by atoms with E-state index in [0.29, 0.717) is 13.1 Å². The van der Waals surface area contributed by atoms with Gasteiger partial charge in [0, 0.05) is 51.0 Å². The summed E-state index contributed by atoms with van der Waals surface area (Å²) >= 11 is 0. The molecular weight excluding hydrogens is 426 g/mol. The van der Waals surface area contributed by atoms with Crippen molar-refractivity contribution in [2.24, 2.45) is 0 Å². The number of carbonyl (C=O) groups is 1. The van der Waals surface area contributed by atoms with E-state index in [0.717, 1.165) is 44.7 Å². The molecule has 2 aromatic carbocycles. The number of piperazine rings is 1. The van der Waals surface area contributed by atoms with Crippen LogP contribution in [0.1, 0.15) is 17.2 Å². The molecule has 8 heteroatoms. The molecule has 2 aliphatic rings. The molecule has 1 amide bonds.